The van der Waals surface area contributed by atoms with Gasteiger partial charge >= 0.3 is 6.18 Å². The molecule has 100 valence electrons. The van der Waals surface area contributed by atoms with Crippen LogP contribution in [0.5, 0.6) is 0 Å². The van der Waals surface area contributed by atoms with Crippen LogP contribution in [0.25, 0.3) is 0 Å². The number of benzene rings is 1. The zero-order valence-corrected chi connectivity index (χ0v) is 10.8. The van der Waals surface area contributed by atoms with Crippen molar-refractivity contribution in [3.05, 3.63) is 29.3 Å². The molecule has 0 saturated heterocycles. The summed E-state index contributed by atoms with van der Waals surface area (Å²) in [6.45, 7) is 2.64. The molecule has 1 N–H and O–H groups in total. The molecule has 1 atom stereocenters. The fourth-order valence-corrected chi connectivity index (χ4v) is 2.48. The minimum atomic E-state index is -4.54. The highest BCUT2D eigenvalue weighted by Crippen LogP contribution is 2.34. The summed E-state index contributed by atoms with van der Waals surface area (Å²) in [6.07, 6.45) is -4.54. The van der Waals surface area contributed by atoms with Crippen molar-refractivity contribution in [1.82, 2.24) is 0 Å². The van der Waals surface area contributed by atoms with Gasteiger partial charge in [-0.1, -0.05) is 18.7 Å². The van der Waals surface area contributed by atoms with Crippen molar-refractivity contribution in [2.24, 2.45) is 4.99 Å². The maximum absolute atomic E-state index is 12.8. The van der Waals surface area contributed by atoms with Crippen molar-refractivity contribution in [2.45, 2.75) is 18.3 Å². The van der Waals surface area contributed by atoms with Crippen molar-refractivity contribution in [2.75, 3.05) is 11.9 Å². The minimum absolute atomic E-state index is 0.284. The Morgan fingerprint density at radius 2 is 2.21 bits per heavy atom. The van der Waals surface area contributed by atoms with E-state index in [0.717, 1.165) is 12.1 Å². The molecule has 1 unspecified atom stereocenters. The summed E-state index contributed by atoms with van der Waals surface area (Å²) in [5.41, 5.74) is -1.03. The molecule has 1 heterocycles. The lowest BCUT2D eigenvalue weighted by Gasteiger charge is -2.12. The van der Waals surface area contributed by atoms with Crippen molar-refractivity contribution in [3.63, 3.8) is 0 Å². The van der Waals surface area contributed by atoms with E-state index in [1.807, 2.05) is 6.92 Å². The van der Waals surface area contributed by atoms with E-state index >= 15 is 0 Å². The number of nitrogens with one attached hydrogen (secondary N) is 1. The first kappa shape index (κ1) is 13.7. The van der Waals surface area contributed by atoms with Gasteiger partial charge in [-0.15, -0.1) is 0 Å². The van der Waals surface area contributed by atoms with E-state index in [0.29, 0.717) is 17.0 Å². The van der Waals surface area contributed by atoms with E-state index in [1.54, 1.807) is 6.07 Å². The van der Waals surface area contributed by atoms with Crippen LogP contribution in [0.2, 0.25) is 0 Å². The fourth-order valence-electron chi connectivity index (χ4n) is 1.62. The lowest BCUT2D eigenvalue weighted by Crippen LogP contribution is -2.11. The maximum Gasteiger partial charge on any atom is 0.417 e. The topological polar surface area (TPSA) is 48.2 Å². The van der Waals surface area contributed by atoms with E-state index in [4.69, 9.17) is 5.26 Å². The van der Waals surface area contributed by atoms with Crippen LogP contribution in [0.3, 0.4) is 0 Å². The Balaban J connectivity index is 2.27. The Morgan fingerprint density at radius 3 is 2.74 bits per heavy atom. The van der Waals surface area contributed by atoms with Gasteiger partial charge in [-0.25, -0.2) is 0 Å². The molecule has 0 aromatic heterocycles. The summed E-state index contributed by atoms with van der Waals surface area (Å²) in [7, 11) is 0. The number of thioether (sulfide) groups is 1. The predicted molar refractivity (Wildman–Crippen MR) is 69.1 cm³/mol. The molecule has 0 spiro atoms. The van der Waals surface area contributed by atoms with Crippen LogP contribution in [-0.4, -0.2) is 17.0 Å². The number of hydrogen-bond donors (Lipinski definition) is 1. The van der Waals surface area contributed by atoms with Gasteiger partial charge in [-0.05, 0) is 18.2 Å². The summed E-state index contributed by atoms with van der Waals surface area (Å²) in [4.78, 5) is 4.17. The lowest BCUT2D eigenvalue weighted by molar-refractivity contribution is -0.137. The Morgan fingerprint density at radius 1 is 1.47 bits per heavy atom. The average molecular weight is 285 g/mol. The van der Waals surface area contributed by atoms with Crippen LogP contribution in [0.15, 0.2) is 23.2 Å². The van der Waals surface area contributed by atoms with Gasteiger partial charge in [-0.3, -0.25) is 4.99 Å². The van der Waals surface area contributed by atoms with Gasteiger partial charge in [0.15, 0.2) is 5.17 Å². The Hall–Kier alpha value is -1.68. The van der Waals surface area contributed by atoms with Crippen molar-refractivity contribution >= 4 is 22.6 Å². The maximum atomic E-state index is 12.8. The van der Waals surface area contributed by atoms with Crippen LogP contribution >= 0.6 is 11.8 Å². The number of anilines is 1. The molecule has 1 aromatic rings. The first-order valence-corrected chi connectivity index (χ1v) is 6.37. The van der Waals surface area contributed by atoms with Gasteiger partial charge in [0.05, 0.1) is 23.7 Å². The second-order valence-electron chi connectivity index (χ2n) is 4.07. The highest BCUT2D eigenvalue weighted by molar-refractivity contribution is 8.15. The fraction of sp³-hybridized carbons (Fsp3) is 0.333. The number of rotatable bonds is 1. The molecule has 1 aliphatic heterocycles. The van der Waals surface area contributed by atoms with E-state index in [-0.39, 0.29) is 11.3 Å². The minimum Gasteiger partial charge on any atom is -0.335 e. The van der Waals surface area contributed by atoms with Crippen LogP contribution in [0.1, 0.15) is 18.1 Å². The van der Waals surface area contributed by atoms with Crippen LogP contribution in [-0.2, 0) is 6.18 Å². The van der Waals surface area contributed by atoms with Crippen LogP contribution in [0.4, 0.5) is 18.9 Å². The van der Waals surface area contributed by atoms with Crippen molar-refractivity contribution < 1.29 is 13.2 Å². The first-order chi connectivity index (χ1) is 8.90. The van der Waals surface area contributed by atoms with E-state index in [2.05, 4.69) is 10.3 Å². The van der Waals surface area contributed by atoms with E-state index in [9.17, 15) is 13.2 Å². The predicted octanol–water partition coefficient (Wildman–Crippen LogP) is 3.48. The third kappa shape index (κ3) is 3.20. The largest absolute Gasteiger partial charge is 0.417 e. The molecule has 1 aliphatic rings. The summed E-state index contributed by atoms with van der Waals surface area (Å²) >= 11 is 1.48. The third-order valence-corrected chi connectivity index (χ3v) is 3.51. The third-order valence-electron chi connectivity index (χ3n) is 2.50. The molecule has 0 radical (unpaired) electrons. The number of alkyl halides is 3. The average Bonchev–Trinajstić information content (AvgIpc) is 2.73. The van der Waals surface area contributed by atoms with E-state index < -0.39 is 11.7 Å². The Labute approximate surface area is 112 Å². The normalized spacial score (nSPS) is 18.9. The highest BCUT2D eigenvalue weighted by atomic mass is 32.2. The smallest absolute Gasteiger partial charge is 0.335 e. The lowest BCUT2D eigenvalue weighted by atomic mass is 10.1. The number of halogens is 3. The van der Waals surface area contributed by atoms with Gasteiger partial charge in [0, 0.05) is 10.9 Å². The van der Waals surface area contributed by atoms with Crippen molar-refractivity contribution in [3.8, 4) is 6.07 Å². The van der Waals surface area contributed by atoms with Crippen LogP contribution in [0, 0.1) is 11.3 Å². The molecule has 0 amide bonds. The second-order valence-corrected chi connectivity index (χ2v) is 5.50. The molecule has 1 aromatic carbocycles. The van der Waals surface area contributed by atoms with Crippen molar-refractivity contribution in [1.29, 1.82) is 5.26 Å². The molecule has 3 nitrogen and oxygen atoms in total. The Kier molecular flexibility index (Phi) is 3.71. The molecule has 0 fully saturated rings. The summed E-state index contributed by atoms with van der Waals surface area (Å²) < 4.78 is 38.3. The van der Waals surface area contributed by atoms with Crippen LogP contribution < -0.4 is 5.32 Å². The van der Waals surface area contributed by atoms with Gasteiger partial charge in [0.1, 0.15) is 0 Å². The SMILES string of the molecule is CC1CN=C(Nc2ccc(C#N)c(C(F)(F)F)c2)S1. The van der Waals surface area contributed by atoms with Gasteiger partial charge in [0.25, 0.3) is 0 Å². The molecule has 0 aliphatic carbocycles. The molecular formula is C12H10F3N3S. The van der Waals surface area contributed by atoms with E-state index in [1.165, 1.54) is 17.8 Å². The second kappa shape index (κ2) is 5.13. The summed E-state index contributed by atoms with van der Waals surface area (Å²) in [5.74, 6) is 0. The quantitative estimate of drug-likeness (QED) is 0.859. The molecule has 0 saturated carbocycles. The van der Waals surface area contributed by atoms with Gasteiger partial charge in [0.2, 0.25) is 0 Å². The van der Waals surface area contributed by atoms with Gasteiger partial charge < -0.3 is 5.32 Å². The first-order valence-electron chi connectivity index (χ1n) is 5.49. The number of nitriles is 1. The number of hydrogen-bond acceptors (Lipinski definition) is 4. The standard InChI is InChI=1S/C12H10F3N3S/c1-7-6-17-11(19-7)18-9-3-2-8(5-16)10(4-9)12(13,14)15/h2-4,7H,6H2,1H3,(H,17,18). The highest BCUT2D eigenvalue weighted by Gasteiger charge is 2.34. The number of amidine groups is 1. The molecule has 7 heteroatoms. The zero-order chi connectivity index (χ0) is 14.0. The Bertz CT molecular complexity index is 560. The number of nitrogens with zero attached hydrogens (tertiary/aromatic N) is 2. The zero-order valence-electron chi connectivity index (χ0n) is 9.95. The molecular weight excluding hydrogens is 275 g/mol. The number of aliphatic imine (C=N–C) groups is 1. The summed E-state index contributed by atoms with van der Waals surface area (Å²) in [5, 5.41) is 12.5. The molecule has 19 heavy (non-hydrogen) atoms. The summed E-state index contributed by atoms with van der Waals surface area (Å²) in [6, 6.07) is 5.09. The molecule has 0 bridgehead atoms. The monoisotopic (exact) mass is 285 g/mol. The molecule has 2 rings (SSSR count). The van der Waals surface area contributed by atoms with Gasteiger partial charge in [-0.2, -0.15) is 18.4 Å².